The Balaban J connectivity index is 1.64. The number of fused-ring (bicyclic) bond motifs is 1. The SMILES string of the molecule is CCOC(=O)C1=C(C)N=c2s/c(=C/c3ccc(-c4ccccc4Cl)o3)c(=O)n2[C@@H]1c1ccc(N(C)C)cc1. The second-order valence-electron chi connectivity index (χ2n) is 8.97. The molecule has 0 saturated carbocycles. The molecule has 0 radical (unpaired) electrons. The van der Waals surface area contributed by atoms with Crippen molar-refractivity contribution in [2.75, 3.05) is 25.6 Å². The normalized spacial score (nSPS) is 15.3. The zero-order valence-corrected chi connectivity index (χ0v) is 23.0. The van der Waals surface area contributed by atoms with Gasteiger partial charge in [-0.2, -0.15) is 0 Å². The van der Waals surface area contributed by atoms with Crippen molar-refractivity contribution in [2.24, 2.45) is 4.99 Å². The Hall–Kier alpha value is -3.88. The first kappa shape index (κ1) is 25.8. The quantitative estimate of drug-likeness (QED) is 0.325. The van der Waals surface area contributed by atoms with Crippen molar-refractivity contribution in [2.45, 2.75) is 19.9 Å². The fourth-order valence-corrected chi connectivity index (χ4v) is 5.68. The van der Waals surface area contributed by atoms with Crippen LogP contribution in [0, 0.1) is 0 Å². The van der Waals surface area contributed by atoms with Crippen molar-refractivity contribution in [3.63, 3.8) is 0 Å². The van der Waals surface area contributed by atoms with Crippen LogP contribution in [0.2, 0.25) is 5.02 Å². The predicted octanol–water partition coefficient (Wildman–Crippen LogP) is 4.78. The second-order valence-corrected chi connectivity index (χ2v) is 10.4. The molecule has 194 valence electrons. The third-order valence-electron chi connectivity index (χ3n) is 6.28. The molecule has 4 aromatic rings. The first-order valence-corrected chi connectivity index (χ1v) is 13.3. The number of allylic oxidation sites excluding steroid dienone is 1. The Kier molecular flexibility index (Phi) is 7.10. The molecule has 7 nitrogen and oxygen atoms in total. The van der Waals surface area contributed by atoms with Crippen molar-refractivity contribution in [3.8, 4) is 11.3 Å². The average molecular weight is 548 g/mol. The first-order valence-electron chi connectivity index (χ1n) is 12.1. The lowest BCUT2D eigenvalue weighted by Gasteiger charge is -2.25. The van der Waals surface area contributed by atoms with Gasteiger partial charge in [0.05, 0.1) is 33.5 Å². The second kappa shape index (κ2) is 10.5. The van der Waals surface area contributed by atoms with Crippen LogP contribution in [0.15, 0.2) is 86.1 Å². The number of aromatic nitrogens is 1. The summed E-state index contributed by atoms with van der Waals surface area (Å²) in [5, 5.41) is 0.579. The summed E-state index contributed by atoms with van der Waals surface area (Å²) in [5.74, 6) is 0.632. The lowest BCUT2D eigenvalue weighted by Crippen LogP contribution is -2.39. The summed E-state index contributed by atoms with van der Waals surface area (Å²) in [5.41, 5.74) is 3.18. The number of hydrogen-bond donors (Lipinski definition) is 0. The lowest BCUT2D eigenvalue weighted by molar-refractivity contribution is -0.139. The molecule has 38 heavy (non-hydrogen) atoms. The van der Waals surface area contributed by atoms with Gasteiger partial charge in [-0.05, 0) is 55.8 Å². The van der Waals surface area contributed by atoms with E-state index in [2.05, 4.69) is 4.99 Å². The van der Waals surface area contributed by atoms with Crippen LogP contribution in [0.25, 0.3) is 17.4 Å². The zero-order chi connectivity index (χ0) is 27.0. The lowest BCUT2D eigenvalue weighted by atomic mass is 9.95. The van der Waals surface area contributed by atoms with E-state index in [1.165, 1.54) is 11.3 Å². The minimum atomic E-state index is -0.668. The summed E-state index contributed by atoms with van der Waals surface area (Å²) in [4.78, 5) is 34.0. The van der Waals surface area contributed by atoms with Gasteiger partial charge in [-0.3, -0.25) is 9.36 Å². The summed E-state index contributed by atoms with van der Waals surface area (Å²) in [6.07, 6.45) is 1.69. The molecule has 0 unspecified atom stereocenters. The maximum Gasteiger partial charge on any atom is 0.338 e. The van der Waals surface area contributed by atoms with Gasteiger partial charge in [0.15, 0.2) is 4.80 Å². The highest BCUT2D eigenvalue weighted by molar-refractivity contribution is 7.07. The topological polar surface area (TPSA) is 77.0 Å². The highest BCUT2D eigenvalue weighted by atomic mass is 35.5. The number of furan rings is 1. The van der Waals surface area contributed by atoms with Gasteiger partial charge >= 0.3 is 5.97 Å². The standard InChI is InChI=1S/C29H26ClN3O4S/c1-5-36-28(35)25-17(2)31-29-33(26(25)18-10-12-19(13-11-18)32(3)4)27(34)24(38-29)16-20-14-15-23(37-20)21-8-6-7-9-22(21)30/h6-16,26H,5H2,1-4H3/b24-16+/t26-/m1/s1. The van der Waals surface area contributed by atoms with Gasteiger partial charge in [-0.15, -0.1) is 0 Å². The molecule has 1 atom stereocenters. The zero-order valence-electron chi connectivity index (χ0n) is 21.4. The van der Waals surface area contributed by atoms with E-state index in [4.69, 9.17) is 20.8 Å². The van der Waals surface area contributed by atoms with E-state index >= 15 is 0 Å². The van der Waals surface area contributed by atoms with E-state index in [0.29, 0.717) is 37.1 Å². The van der Waals surface area contributed by atoms with Crippen LogP contribution in [0.4, 0.5) is 5.69 Å². The Labute approximate surface area is 228 Å². The molecule has 2 aromatic heterocycles. The minimum Gasteiger partial charge on any atom is -0.463 e. The molecule has 0 bridgehead atoms. The van der Waals surface area contributed by atoms with E-state index in [1.807, 2.05) is 67.5 Å². The fraction of sp³-hybridized carbons (Fsp3) is 0.207. The number of ether oxygens (including phenoxy) is 1. The van der Waals surface area contributed by atoms with Crippen molar-refractivity contribution >= 4 is 40.7 Å². The van der Waals surface area contributed by atoms with Crippen LogP contribution in [0.1, 0.15) is 31.2 Å². The molecule has 0 spiro atoms. The molecule has 9 heteroatoms. The van der Waals surface area contributed by atoms with Gasteiger partial charge in [0, 0.05) is 31.4 Å². The van der Waals surface area contributed by atoms with Crippen molar-refractivity contribution in [1.82, 2.24) is 4.57 Å². The molecule has 0 saturated heterocycles. The number of benzene rings is 2. The number of carbonyl (C=O) groups is 1. The highest BCUT2D eigenvalue weighted by Gasteiger charge is 2.33. The maximum absolute atomic E-state index is 13.8. The molecule has 0 amide bonds. The first-order chi connectivity index (χ1) is 18.3. The predicted molar refractivity (Wildman–Crippen MR) is 150 cm³/mol. The van der Waals surface area contributed by atoms with Gasteiger partial charge in [0.25, 0.3) is 5.56 Å². The van der Waals surface area contributed by atoms with Crippen LogP contribution in [0.5, 0.6) is 0 Å². The third kappa shape index (κ3) is 4.73. The van der Waals surface area contributed by atoms with Crippen molar-refractivity contribution < 1.29 is 13.9 Å². The Morgan fingerprint density at radius 3 is 2.58 bits per heavy atom. The van der Waals surface area contributed by atoms with Crippen molar-refractivity contribution in [3.05, 3.63) is 108 Å². The van der Waals surface area contributed by atoms with Crippen LogP contribution in [-0.4, -0.2) is 31.2 Å². The minimum absolute atomic E-state index is 0.221. The summed E-state index contributed by atoms with van der Waals surface area (Å²) in [6.45, 7) is 3.75. The Bertz CT molecular complexity index is 1730. The van der Waals surface area contributed by atoms with Crippen molar-refractivity contribution in [1.29, 1.82) is 0 Å². The summed E-state index contributed by atoms with van der Waals surface area (Å²) >= 11 is 7.57. The maximum atomic E-state index is 13.8. The number of halogens is 1. The molecule has 1 aliphatic heterocycles. The monoisotopic (exact) mass is 547 g/mol. The van der Waals surface area contributed by atoms with E-state index in [1.54, 1.807) is 36.6 Å². The van der Waals surface area contributed by atoms with Crippen LogP contribution in [-0.2, 0) is 9.53 Å². The van der Waals surface area contributed by atoms with Crippen LogP contribution in [0.3, 0.4) is 0 Å². The molecule has 0 N–H and O–H groups in total. The fourth-order valence-electron chi connectivity index (χ4n) is 4.43. The van der Waals surface area contributed by atoms with E-state index in [-0.39, 0.29) is 12.2 Å². The molecule has 0 fully saturated rings. The van der Waals surface area contributed by atoms with E-state index in [9.17, 15) is 9.59 Å². The molecule has 3 heterocycles. The summed E-state index contributed by atoms with van der Waals surface area (Å²) < 4.78 is 13.4. The number of hydrogen-bond acceptors (Lipinski definition) is 7. The molecular weight excluding hydrogens is 522 g/mol. The molecule has 0 aliphatic carbocycles. The average Bonchev–Trinajstić information content (AvgIpc) is 3.48. The van der Waals surface area contributed by atoms with Crippen LogP contribution >= 0.6 is 22.9 Å². The summed E-state index contributed by atoms with van der Waals surface area (Å²) in [7, 11) is 3.91. The van der Waals surface area contributed by atoms with Gasteiger partial charge in [0.2, 0.25) is 0 Å². The third-order valence-corrected chi connectivity index (χ3v) is 7.59. The molecule has 1 aliphatic rings. The number of carbonyl (C=O) groups excluding carboxylic acids is 1. The highest BCUT2D eigenvalue weighted by Crippen LogP contribution is 2.32. The Morgan fingerprint density at radius 1 is 1.16 bits per heavy atom. The number of rotatable bonds is 6. The molecular formula is C29H26ClN3O4S. The molecule has 2 aromatic carbocycles. The van der Waals surface area contributed by atoms with E-state index in [0.717, 1.165) is 16.8 Å². The van der Waals surface area contributed by atoms with E-state index < -0.39 is 12.0 Å². The molecule has 5 rings (SSSR count). The van der Waals surface area contributed by atoms with Gasteiger partial charge < -0.3 is 14.1 Å². The number of esters is 1. The van der Waals surface area contributed by atoms with Gasteiger partial charge in [0.1, 0.15) is 11.5 Å². The summed E-state index contributed by atoms with van der Waals surface area (Å²) in [6, 6.07) is 18.1. The number of thiazole rings is 1. The van der Waals surface area contributed by atoms with Gasteiger partial charge in [-0.25, -0.2) is 9.79 Å². The largest absolute Gasteiger partial charge is 0.463 e. The van der Waals surface area contributed by atoms with Crippen LogP contribution < -0.4 is 19.8 Å². The number of nitrogens with zero attached hydrogens (tertiary/aromatic N) is 3. The number of anilines is 1. The smallest absolute Gasteiger partial charge is 0.338 e. The van der Waals surface area contributed by atoms with Gasteiger partial charge in [-0.1, -0.05) is 47.2 Å². The Morgan fingerprint density at radius 2 is 1.89 bits per heavy atom.